The van der Waals surface area contributed by atoms with Crippen molar-refractivity contribution in [1.82, 2.24) is 14.9 Å². The maximum absolute atomic E-state index is 12.3. The Bertz CT molecular complexity index is 778. The Kier molecular flexibility index (Phi) is 5.49. The first-order valence-electron chi connectivity index (χ1n) is 8.03. The van der Waals surface area contributed by atoms with Crippen molar-refractivity contribution < 1.29 is 37.0 Å². The third kappa shape index (κ3) is 5.09. The highest BCUT2D eigenvalue weighted by Gasteiger charge is 2.31. The number of nitrogens with zero attached hydrogens (tertiary/aromatic N) is 3. The van der Waals surface area contributed by atoms with Gasteiger partial charge in [0.15, 0.2) is 12.3 Å². The molecule has 1 amide bonds. The average molecular weight is 387 g/mol. The summed E-state index contributed by atoms with van der Waals surface area (Å²) in [6.45, 7) is 0.906. The molecular formula is C16H16F3N3O5. The van der Waals surface area contributed by atoms with E-state index in [1.165, 1.54) is 12.3 Å². The molecule has 1 fully saturated rings. The first-order valence-corrected chi connectivity index (χ1v) is 8.03. The van der Waals surface area contributed by atoms with Gasteiger partial charge >= 0.3 is 6.36 Å². The molecule has 0 unspecified atom stereocenters. The van der Waals surface area contributed by atoms with Gasteiger partial charge in [-0.3, -0.25) is 4.79 Å². The number of carbonyl (C=O) groups is 1. The van der Waals surface area contributed by atoms with Crippen LogP contribution in [0.2, 0.25) is 0 Å². The maximum Gasteiger partial charge on any atom is 0.574 e. The number of aromatic nitrogens is 2. The van der Waals surface area contributed by atoms with E-state index in [0.717, 1.165) is 18.7 Å². The van der Waals surface area contributed by atoms with Crippen LogP contribution in [-0.4, -0.2) is 51.9 Å². The number of likely N-dealkylation sites (tertiary alicyclic amines) is 1. The lowest BCUT2D eigenvalue weighted by Gasteiger charge is -2.13. The predicted octanol–water partition coefficient (Wildman–Crippen LogP) is 2.00. The Morgan fingerprint density at radius 3 is 2.85 bits per heavy atom. The van der Waals surface area contributed by atoms with Crippen molar-refractivity contribution in [3.8, 4) is 11.6 Å². The molecule has 3 rings (SSSR count). The van der Waals surface area contributed by atoms with Crippen LogP contribution in [0, 0.1) is 5.92 Å². The normalized spacial score (nSPS) is 17.2. The Morgan fingerprint density at radius 2 is 2.22 bits per heavy atom. The minimum absolute atomic E-state index is 0.0303. The molecule has 0 aromatic carbocycles. The molecule has 0 spiro atoms. The second-order valence-electron chi connectivity index (χ2n) is 5.88. The lowest BCUT2D eigenvalue weighted by molar-refractivity contribution is -0.276. The Hall–Kier alpha value is -2.82. The largest absolute Gasteiger partial charge is 0.574 e. The Morgan fingerprint density at radius 1 is 1.41 bits per heavy atom. The third-order valence-corrected chi connectivity index (χ3v) is 3.89. The second kappa shape index (κ2) is 7.82. The van der Waals surface area contributed by atoms with E-state index < -0.39 is 12.2 Å². The van der Waals surface area contributed by atoms with E-state index in [0.29, 0.717) is 13.1 Å². The van der Waals surface area contributed by atoms with E-state index in [2.05, 4.69) is 14.7 Å². The van der Waals surface area contributed by atoms with Crippen molar-refractivity contribution in [2.75, 3.05) is 19.7 Å². The maximum atomic E-state index is 12.3. The smallest absolute Gasteiger partial charge is 0.482 e. The van der Waals surface area contributed by atoms with Gasteiger partial charge in [-0.25, -0.2) is 9.97 Å². The second-order valence-corrected chi connectivity index (χ2v) is 5.88. The molecular weight excluding hydrogens is 371 g/mol. The Labute approximate surface area is 151 Å². The number of hydrogen-bond acceptors (Lipinski definition) is 7. The summed E-state index contributed by atoms with van der Waals surface area (Å²) < 4.78 is 50.4. The molecule has 11 heteroatoms. The van der Waals surface area contributed by atoms with Gasteiger partial charge in [0.1, 0.15) is 12.0 Å². The summed E-state index contributed by atoms with van der Waals surface area (Å²) in [6.07, 6.45) is -1.80. The molecule has 0 radical (unpaired) electrons. The summed E-state index contributed by atoms with van der Waals surface area (Å²) in [5, 5.41) is 9.13. The van der Waals surface area contributed by atoms with Crippen LogP contribution in [0.1, 0.15) is 22.8 Å². The van der Waals surface area contributed by atoms with Gasteiger partial charge in [0, 0.05) is 31.7 Å². The van der Waals surface area contributed by atoms with Crippen LogP contribution in [0.4, 0.5) is 13.2 Å². The minimum Gasteiger partial charge on any atom is -0.482 e. The molecule has 1 atom stereocenters. The number of hydrogen-bond donors (Lipinski definition) is 1. The molecule has 0 bridgehead atoms. The molecule has 1 aliphatic rings. The van der Waals surface area contributed by atoms with Gasteiger partial charge in [-0.1, -0.05) is 0 Å². The first-order chi connectivity index (χ1) is 12.8. The van der Waals surface area contributed by atoms with Gasteiger partial charge in [-0.2, -0.15) is 0 Å². The standard InChI is InChI=1S/C16H16F3N3O5/c17-16(18,19)27-13-2-1-11(5-20-13)25-9-14-21-12(8-26-14)15(24)22-4-3-10(6-22)7-23/h1-2,5,8,10,23H,3-4,6-7,9H2/t10-/m0/s1. The van der Waals surface area contributed by atoms with Gasteiger partial charge in [0.05, 0.1) is 6.20 Å². The van der Waals surface area contributed by atoms with Crippen LogP contribution in [0.3, 0.4) is 0 Å². The number of ether oxygens (including phenoxy) is 2. The summed E-state index contributed by atoms with van der Waals surface area (Å²) in [5.74, 6) is -0.518. The van der Waals surface area contributed by atoms with Crippen LogP contribution in [0.5, 0.6) is 11.6 Å². The summed E-state index contributed by atoms with van der Waals surface area (Å²) in [5.41, 5.74) is 0.124. The lowest BCUT2D eigenvalue weighted by Crippen LogP contribution is -2.29. The first kappa shape index (κ1) is 19.0. The zero-order chi connectivity index (χ0) is 19.4. The zero-order valence-corrected chi connectivity index (χ0v) is 14.0. The van der Waals surface area contributed by atoms with Crippen molar-refractivity contribution in [1.29, 1.82) is 0 Å². The van der Waals surface area contributed by atoms with E-state index in [1.54, 1.807) is 4.90 Å². The molecule has 0 saturated carbocycles. The molecule has 8 nitrogen and oxygen atoms in total. The summed E-state index contributed by atoms with van der Waals surface area (Å²) >= 11 is 0. The average Bonchev–Trinajstić information content (AvgIpc) is 3.29. The van der Waals surface area contributed by atoms with Crippen molar-refractivity contribution in [3.05, 3.63) is 36.2 Å². The number of aliphatic hydroxyl groups excluding tert-OH is 1. The van der Waals surface area contributed by atoms with Crippen molar-refractivity contribution >= 4 is 5.91 Å². The molecule has 1 N–H and O–H groups in total. The summed E-state index contributed by atoms with van der Waals surface area (Å²) in [6, 6.07) is 2.26. The van der Waals surface area contributed by atoms with Gasteiger partial charge < -0.3 is 23.9 Å². The molecule has 2 aromatic rings. The highest BCUT2D eigenvalue weighted by Crippen LogP contribution is 2.23. The summed E-state index contributed by atoms with van der Waals surface area (Å²) in [4.78, 5) is 21.4. The SMILES string of the molecule is O=C(c1coc(COc2ccc(OC(F)(F)F)nc2)n1)N1CC[C@H](CO)C1. The summed E-state index contributed by atoms with van der Waals surface area (Å²) in [7, 11) is 0. The van der Waals surface area contributed by atoms with Crippen LogP contribution in [-0.2, 0) is 6.61 Å². The van der Waals surface area contributed by atoms with Gasteiger partial charge in [-0.15, -0.1) is 13.2 Å². The number of alkyl halides is 3. The molecule has 1 saturated heterocycles. The third-order valence-electron chi connectivity index (χ3n) is 3.89. The van der Waals surface area contributed by atoms with Crippen LogP contribution >= 0.6 is 0 Å². The van der Waals surface area contributed by atoms with Crippen LogP contribution < -0.4 is 9.47 Å². The van der Waals surface area contributed by atoms with E-state index in [4.69, 9.17) is 14.3 Å². The number of aliphatic hydroxyl groups is 1. The van der Waals surface area contributed by atoms with Gasteiger partial charge in [-0.05, 0) is 12.5 Å². The fourth-order valence-corrected chi connectivity index (χ4v) is 2.58. The lowest BCUT2D eigenvalue weighted by atomic mass is 10.1. The molecule has 146 valence electrons. The monoisotopic (exact) mass is 387 g/mol. The molecule has 1 aliphatic heterocycles. The number of amides is 1. The number of halogens is 3. The molecule has 0 aliphatic carbocycles. The number of oxazole rings is 1. The van der Waals surface area contributed by atoms with Gasteiger partial charge in [0.2, 0.25) is 11.8 Å². The van der Waals surface area contributed by atoms with Crippen LogP contribution in [0.25, 0.3) is 0 Å². The minimum atomic E-state index is -4.82. The fraction of sp³-hybridized carbons (Fsp3) is 0.438. The van der Waals surface area contributed by atoms with E-state index >= 15 is 0 Å². The highest BCUT2D eigenvalue weighted by atomic mass is 19.4. The molecule has 27 heavy (non-hydrogen) atoms. The molecule has 2 aromatic heterocycles. The number of rotatable bonds is 6. The predicted molar refractivity (Wildman–Crippen MR) is 82.9 cm³/mol. The van der Waals surface area contributed by atoms with Crippen molar-refractivity contribution in [2.45, 2.75) is 19.4 Å². The van der Waals surface area contributed by atoms with Crippen LogP contribution in [0.15, 0.2) is 29.0 Å². The Balaban J connectivity index is 1.53. The van der Waals surface area contributed by atoms with E-state index in [1.807, 2.05) is 0 Å². The van der Waals surface area contributed by atoms with Crippen molar-refractivity contribution in [2.24, 2.45) is 5.92 Å². The fourth-order valence-electron chi connectivity index (χ4n) is 2.58. The topological polar surface area (TPSA) is 97.9 Å². The van der Waals surface area contributed by atoms with Gasteiger partial charge in [0.25, 0.3) is 5.91 Å². The molecule has 3 heterocycles. The van der Waals surface area contributed by atoms with E-state index in [9.17, 15) is 18.0 Å². The zero-order valence-electron chi connectivity index (χ0n) is 14.0. The number of pyridine rings is 1. The van der Waals surface area contributed by atoms with E-state index in [-0.39, 0.29) is 42.4 Å². The van der Waals surface area contributed by atoms with Crippen molar-refractivity contribution in [3.63, 3.8) is 0 Å². The highest BCUT2D eigenvalue weighted by molar-refractivity contribution is 5.92. The quantitative estimate of drug-likeness (QED) is 0.810. The number of carbonyl (C=O) groups excluding carboxylic acids is 1.